The predicted molar refractivity (Wildman–Crippen MR) is 60.8 cm³/mol. The largest absolute Gasteiger partial charge is 0.397 e. The fourth-order valence-electron chi connectivity index (χ4n) is 1.28. The highest BCUT2D eigenvalue weighted by atomic mass is 79.9. The van der Waals surface area contributed by atoms with Crippen molar-refractivity contribution in [2.45, 2.75) is 0 Å². The number of aryl methyl sites for hydroxylation is 1. The average Bonchev–Trinajstić information content (AvgIpc) is 2.58. The molecule has 0 saturated carbocycles. The second-order valence-corrected chi connectivity index (χ2v) is 4.00. The third kappa shape index (κ3) is 1.65. The van der Waals surface area contributed by atoms with Crippen LogP contribution in [0.1, 0.15) is 0 Å². The van der Waals surface area contributed by atoms with Gasteiger partial charge in [-0.15, -0.1) is 5.10 Å². The van der Waals surface area contributed by atoms with E-state index in [2.05, 4.69) is 31.5 Å². The fourth-order valence-corrected chi connectivity index (χ4v) is 1.76. The molecule has 1 aromatic heterocycles. The van der Waals surface area contributed by atoms with E-state index in [0.29, 0.717) is 17.2 Å². The van der Waals surface area contributed by atoms with Gasteiger partial charge in [0.25, 0.3) is 0 Å². The normalized spacial score (nSPS) is 10.5. The van der Waals surface area contributed by atoms with Crippen LogP contribution in [0.3, 0.4) is 0 Å². The van der Waals surface area contributed by atoms with Crippen LogP contribution < -0.4 is 11.5 Å². The molecule has 2 aromatic rings. The van der Waals surface area contributed by atoms with Crippen molar-refractivity contribution in [3.05, 3.63) is 16.6 Å². The molecule has 2 rings (SSSR count). The Balaban J connectivity index is 2.68. The number of anilines is 2. The highest BCUT2D eigenvalue weighted by molar-refractivity contribution is 9.10. The molecule has 0 unspecified atom stereocenters. The topological polar surface area (TPSA) is 95.6 Å². The number of tetrazole rings is 1. The lowest BCUT2D eigenvalue weighted by Gasteiger charge is -2.07. The first-order valence-corrected chi connectivity index (χ1v) is 4.96. The van der Waals surface area contributed by atoms with Gasteiger partial charge in [-0.05, 0) is 22.6 Å². The Kier molecular flexibility index (Phi) is 2.31. The van der Waals surface area contributed by atoms with Crippen LogP contribution in [0.4, 0.5) is 11.4 Å². The van der Waals surface area contributed by atoms with Crippen molar-refractivity contribution in [1.29, 1.82) is 0 Å². The molecule has 0 bridgehead atoms. The molecule has 0 radical (unpaired) electrons. The summed E-state index contributed by atoms with van der Waals surface area (Å²) in [6.07, 6.45) is 0. The Morgan fingerprint density at radius 3 is 2.67 bits per heavy atom. The molecule has 7 heteroatoms. The number of aromatic nitrogens is 4. The lowest BCUT2D eigenvalue weighted by Crippen LogP contribution is -2.01. The Bertz CT molecular complexity index is 506. The molecule has 6 nitrogen and oxygen atoms in total. The Morgan fingerprint density at radius 2 is 2.07 bits per heavy atom. The zero-order valence-corrected chi connectivity index (χ0v) is 9.56. The van der Waals surface area contributed by atoms with E-state index < -0.39 is 0 Å². The molecular weight excluding hydrogens is 260 g/mol. The first-order valence-electron chi connectivity index (χ1n) is 4.17. The molecule has 0 fully saturated rings. The van der Waals surface area contributed by atoms with Crippen molar-refractivity contribution < 1.29 is 0 Å². The van der Waals surface area contributed by atoms with Gasteiger partial charge in [-0.2, -0.15) is 0 Å². The van der Waals surface area contributed by atoms with Crippen LogP contribution in [0.15, 0.2) is 16.6 Å². The third-order valence-electron chi connectivity index (χ3n) is 2.04. The summed E-state index contributed by atoms with van der Waals surface area (Å²) < 4.78 is 2.38. The molecule has 15 heavy (non-hydrogen) atoms. The maximum atomic E-state index is 5.86. The molecule has 0 aliphatic heterocycles. The van der Waals surface area contributed by atoms with Crippen molar-refractivity contribution in [2.75, 3.05) is 11.5 Å². The fraction of sp³-hybridized carbons (Fsp3) is 0.125. The summed E-state index contributed by atoms with van der Waals surface area (Å²) in [5.41, 5.74) is 13.3. The van der Waals surface area contributed by atoms with E-state index in [1.54, 1.807) is 13.1 Å². The van der Waals surface area contributed by atoms with E-state index >= 15 is 0 Å². The van der Waals surface area contributed by atoms with Crippen LogP contribution in [0.25, 0.3) is 11.4 Å². The van der Waals surface area contributed by atoms with Gasteiger partial charge in [0.05, 0.1) is 11.4 Å². The van der Waals surface area contributed by atoms with E-state index in [-0.39, 0.29) is 0 Å². The smallest absolute Gasteiger partial charge is 0.183 e. The SMILES string of the molecule is Cn1nnnc1-c1cc(Br)cc(N)c1N. The van der Waals surface area contributed by atoms with Crippen LogP contribution in [0.2, 0.25) is 0 Å². The number of nitrogen functional groups attached to an aromatic ring is 2. The quantitative estimate of drug-likeness (QED) is 0.746. The monoisotopic (exact) mass is 268 g/mol. The van der Waals surface area contributed by atoms with Gasteiger partial charge in [0, 0.05) is 17.1 Å². The summed E-state index contributed by atoms with van der Waals surface area (Å²) in [5.74, 6) is 0.584. The van der Waals surface area contributed by atoms with Crippen LogP contribution in [0.5, 0.6) is 0 Å². The number of nitrogens with zero attached hydrogens (tertiary/aromatic N) is 4. The minimum absolute atomic E-state index is 0.483. The molecule has 0 amide bonds. The van der Waals surface area contributed by atoms with Gasteiger partial charge >= 0.3 is 0 Å². The Labute approximate surface area is 94.4 Å². The molecule has 0 saturated heterocycles. The molecule has 1 heterocycles. The molecule has 1 aromatic carbocycles. The number of rotatable bonds is 1. The summed E-state index contributed by atoms with van der Waals surface area (Å²) in [6, 6.07) is 3.57. The van der Waals surface area contributed by atoms with Crippen molar-refractivity contribution in [2.24, 2.45) is 7.05 Å². The lowest BCUT2D eigenvalue weighted by atomic mass is 10.1. The van der Waals surface area contributed by atoms with Gasteiger partial charge < -0.3 is 11.5 Å². The van der Waals surface area contributed by atoms with E-state index in [4.69, 9.17) is 11.5 Å². The summed E-state index contributed by atoms with van der Waals surface area (Å²) in [5, 5.41) is 11.2. The zero-order chi connectivity index (χ0) is 11.0. The van der Waals surface area contributed by atoms with Crippen molar-refractivity contribution in [3.8, 4) is 11.4 Å². The summed E-state index contributed by atoms with van der Waals surface area (Å²) in [7, 11) is 1.74. The Hall–Kier alpha value is -1.63. The number of hydrogen-bond donors (Lipinski definition) is 2. The lowest BCUT2D eigenvalue weighted by molar-refractivity contribution is 0.715. The summed E-state index contributed by atoms with van der Waals surface area (Å²) in [4.78, 5) is 0. The average molecular weight is 269 g/mol. The zero-order valence-electron chi connectivity index (χ0n) is 7.98. The summed E-state index contributed by atoms with van der Waals surface area (Å²) >= 11 is 3.34. The van der Waals surface area contributed by atoms with Crippen LogP contribution >= 0.6 is 15.9 Å². The van der Waals surface area contributed by atoms with Crippen LogP contribution in [-0.2, 0) is 7.05 Å². The van der Waals surface area contributed by atoms with Crippen LogP contribution in [-0.4, -0.2) is 20.2 Å². The van der Waals surface area contributed by atoms with E-state index in [0.717, 1.165) is 10.0 Å². The molecular formula is C8H9BrN6. The van der Waals surface area contributed by atoms with Gasteiger partial charge in [-0.3, -0.25) is 0 Å². The maximum Gasteiger partial charge on any atom is 0.183 e. The standard InChI is InChI=1S/C8H9BrN6/c1-15-8(12-13-14-15)5-2-4(9)3-6(10)7(5)11/h2-3H,10-11H2,1H3. The number of benzene rings is 1. The van der Waals surface area contributed by atoms with Crippen LogP contribution in [0, 0.1) is 0 Å². The van der Waals surface area contributed by atoms with Crippen molar-refractivity contribution >= 4 is 27.3 Å². The number of halogens is 1. The molecule has 0 aliphatic rings. The second kappa shape index (κ2) is 3.50. The van der Waals surface area contributed by atoms with Gasteiger partial charge in [0.1, 0.15) is 0 Å². The maximum absolute atomic E-state index is 5.86. The minimum atomic E-state index is 0.483. The number of nitrogens with two attached hydrogens (primary N) is 2. The van der Waals surface area contributed by atoms with Gasteiger partial charge in [0.2, 0.25) is 0 Å². The molecule has 78 valence electrons. The molecule has 4 N–H and O–H groups in total. The molecule has 0 spiro atoms. The first kappa shape index (κ1) is 9.91. The van der Waals surface area contributed by atoms with E-state index in [9.17, 15) is 0 Å². The second-order valence-electron chi connectivity index (χ2n) is 3.08. The van der Waals surface area contributed by atoms with E-state index in [1.165, 1.54) is 4.68 Å². The van der Waals surface area contributed by atoms with Crippen molar-refractivity contribution in [3.63, 3.8) is 0 Å². The van der Waals surface area contributed by atoms with E-state index in [1.807, 2.05) is 6.07 Å². The predicted octanol–water partition coefficient (Wildman–Crippen LogP) is 0.804. The number of hydrogen-bond acceptors (Lipinski definition) is 5. The Morgan fingerprint density at radius 1 is 1.33 bits per heavy atom. The molecule has 0 aliphatic carbocycles. The van der Waals surface area contributed by atoms with Crippen molar-refractivity contribution in [1.82, 2.24) is 20.2 Å². The minimum Gasteiger partial charge on any atom is -0.397 e. The third-order valence-corrected chi connectivity index (χ3v) is 2.50. The first-order chi connectivity index (χ1) is 7.09. The van der Waals surface area contributed by atoms with Gasteiger partial charge in [0.15, 0.2) is 5.82 Å². The molecule has 0 atom stereocenters. The van der Waals surface area contributed by atoms with Gasteiger partial charge in [-0.1, -0.05) is 15.9 Å². The summed E-state index contributed by atoms with van der Waals surface area (Å²) in [6.45, 7) is 0. The highest BCUT2D eigenvalue weighted by Gasteiger charge is 2.12. The highest BCUT2D eigenvalue weighted by Crippen LogP contribution is 2.31. The van der Waals surface area contributed by atoms with Gasteiger partial charge in [-0.25, -0.2) is 4.68 Å².